The van der Waals surface area contributed by atoms with Gasteiger partial charge < -0.3 is 19.8 Å². The summed E-state index contributed by atoms with van der Waals surface area (Å²) >= 11 is 0. The van der Waals surface area contributed by atoms with Gasteiger partial charge in [-0.15, -0.1) is 0 Å². The molecule has 2 aliphatic heterocycles. The van der Waals surface area contributed by atoms with Gasteiger partial charge in [0.25, 0.3) is 5.91 Å². The van der Waals surface area contributed by atoms with Gasteiger partial charge in [-0.25, -0.2) is 4.98 Å². The molecule has 1 atom stereocenters. The molecule has 1 aromatic carbocycles. The molecule has 6 heteroatoms. The number of benzene rings is 1. The number of nitrogens with zero attached hydrogens (tertiary/aromatic N) is 1. The lowest BCUT2D eigenvalue weighted by molar-refractivity contribution is 0.0873. The molecule has 0 saturated carbocycles. The molecule has 0 aliphatic carbocycles. The molecule has 4 rings (SSSR count). The van der Waals surface area contributed by atoms with Crippen LogP contribution in [0.5, 0.6) is 0 Å². The van der Waals surface area contributed by atoms with Crippen LogP contribution < -0.4 is 10.6 Å². The summed E-state index contributed by atoms with van der Waals surface area (Å²) in [6.45, 7) is 9.47. The standard InChI is InChI=1S/C21H29N3O3/c1-20(2)11-14(12-21(3,4)24-20)22-18(25)13-7-8-15-17(10-13)27-19(23-15)16-6-5-9-26-16/h7-8,10,14,16,24H,5-6,9,11-12H2,1-4H3,(H,22,25). The normalized spacial score (nSPS) is 25.0. The molecule has 1 aromatic heterocycles. The highest BCUT2D eigenvalue weighted by molar-refractivity contribution is 5.97. The average Bonchev–Trinajstić information content (AvgIpc) is 3.20. The van der Waals surface area contributed by atoms with Crippen LogP contribution in [0.25, 0.3) is 11.1 Å². The van der Waals surface area contributed by atoms with Gasteiger partial charge in [0, 0.05) is 29.3 Å². The van der Waals surface area contributed by atoms with Crippen LogP contribution in [0.15, 0.2) is 22.6 Å². The zero-order valence-electron chi connectivity index (χ0n) is 16.6. The van der Waals surface area contributed by atoms with E-state index in [4.69, 9.17) is 9.15 Å². The van der Waals surface area contributed by atoms with Gasteiger partial charge in [-0.1, -0.05) is 0 Å². The van der Waals surface area contributed by atoms with E-state index in [2.05, 4.69) is 43.3 Å². The summed E-state index contributed by atoms with van der Waals surface area (Å²) in [6.07, 6.45) is 3.70. The zero-order valence-corrected chi connectivity index (χ0v) is 16.6. The summed E-state index contributed by atoms with van der Waals surface area (Å²) in [4.78, 5) is 17.3. The summed E-state index contributed by atoms with van der Waals surface area (Å²) in [5.41, 5.74) is 1.99. The fraction of sp³-hybridized carbons (Fsp3) is 0.619. The minimum atomic E-state index is -0.0644. The van der Waals surface area contributed by atoms with E-state index in [9.17, 15) is 4.79 Å². The first kappa shape index (κ1) is 18.4. The fourth-order valence-electron chi connectivity index (χ4n) is 4.69. The van der Waals surface area contributed by atoms with E-state index in [0.29, 0.717) is 17.0 Å². The highest BCUT2D eigenvalue weighted by Crippen LogP contribution is 2.31. The first-order valence-electron chi connectivity index (χ1n) is 9.83. The van der Waals surface area contributed by atoms with Crippen molar-refractivity contribution in [2.75, 3.05) is 6.61 Å². The van der Waals surface area contributed by atoms with Gasteiger partial charge in [0.2, 0.25) is 5.89 Å². The van der Waals surface area contributed by atoms with Crippen LogP contribution >= 0.6 is 0 Å². The Morgan fingerprint density at radius 3 is 2.63 bits per heavy atom. The molecule has 2 N–H and O–H groups in total. The van der Waals surface area contributed by atoms with Gasteiger partial charge >= 0.3 is 0 Å². The minimum Gasteiger partial charge on any atom is -0.438 e. The largest absolute Gasteiger partial charge is 0.438 e. The lowest BCUT2D eigenvalue weighted by atomic mass is 9.79. The Kier molecular flexibility index (Phi) is 4.51. The first-order valence-corrected chi connectivity index (χ1v) is 9.83. The van der Waals surface area contributed by atoms with E-state index in [0.717, 1.165) is 37.8 Å². The number of aromatic nitrogens is 1. The van der Waals surface area contributed by atoms with Gasteiger partial charge in [-0.3, -0.25) is 4.79 Å². The quantitative estimate of drug-likeness (QED) is 0.860. The fourth-order valence-corrected chi connectivity index (χ4v) is 4.69. The molecular weight excluding hydrogens is 342 g/mol. The molecule has 146 valence electrons. The van der Waals surface area contributed by atoms with Gasteiger partial charge in [0.15, 0.2) is 5.58 Å². The maximum absolute atomic E-state index is 12.8. The van der Waals surface area contributed by atoms with Gasteiger partial charge in [0.1, 0.15) is 11.6 Å². The second-order valence-electron chi connectivity index (χ2n) is 9.21. The maximum atomic E-state index is 12.8. The number of carbonyl (C=O) groups excluding carboxylic acids is 1. The number of rotatable bonds is 3. The number of amides is 1. The van der Waals surface area contributed by atoms with Crippen LogP contribution in [-0.2, 0) is 4.74 Å². The molecule has 2 saturated heterocycles. The Labute approximate surface area is 160 Å². The van der Waals surface area contributed by atoms with Crippen molar-refractivity contribution in [3.05, 3.63) is 29.7 Å². The van der Waals surface area contributed by atoms with E-state index in [-0.39, 0.29) is 29.1 Å². The molecule has 27 heavy (non-hydrogen) atoms. The van der Waals surface area contributed by atoms with Crippen LogP contribution in [-0.4, -0.2) is 34.6 Å². The number of oxazole rings is 1. The number of fused-ring (bicyclic) bond motifs is 1. The van der Waals surface area contributed by atoms with Crippen molar-refractivity contribution in [2.24, 2.45) is 0 Å². The van der Waals surface area contributed by atoms with Gasteiger partial charge in [0.05, 0.1) is 0 Å². The highest BCUT2D eigenvalue weighted by atomic mass is 16.5. The Balaban J connectivity index is 1.50. The number of carbonyl (C=O) groups is 1. The van der Waals surface area contributed by atoms with Crippen molar-refractivity contribution < 1.29 is 13.9 Å². The molecule has 1 unspecified atom stereocenters. The van der Waals surface area contributed by atoms with Crippen LogP contribution in [0.2, 0.25) is 0 Å². The monoisotopic (exact) mass is 371 g/mol. The third kappa shape index (κ3) is 4.01. The number of ether oxygens (including phenoxy) is 1. The van der Waals surface area contributed by atoms with E-state index in [1.807, 2.05) is 12.1 Å². The lowest BCUT2D eigenvalue weighted by Crippen LogP contribution is -2.62. The Bertz CT molecular complexity index is 833. The first-order chi connectivity index (χ1) is 12.7. The highest BCUT2D eigenvalue weighted by Gasteiger charge is 2.38. The predicted molar refractivity (Wildman–Crippen MR) is 104 cm³/mol. The van der Waals surface area contributed by atoms with E-state index in [1.165, 1.54) is 0 Å². The van der Waals surface area contributed by atoms with Crippen molar-refractivity contribution in [1.29, 1.82) is 0 Å². The van der Waals surface area contributed by atoms with Crippen LogP contribution in [0.4, 0.5) is 0 Å². The second-order valence-corrected chi connectivity index (χ2v) is 9.21. The minimum absolute atomic E-state index is 0.00916. The van der Waals surface area contributed by atoms with Crippen LogP contribution in [0.1, 0.15) is 75.7 Å². The molecule has 0 radical (unpaired) electrons. The maximum Gasteiger partial charge on any atom is 0.251 e. The molecule has 2 aromatic rings. The van der Waals surface area contributed by atoms with Gasteiger partial charge in [-0.2, -0.15) is 0 Å². The SMILES string of the molecule is CC1(C)CC(NC(=O)c2ccc3nc(C4CCCO4)oc3c2)CC(C)(C)N1. The molecule has 3 heterocycles. The summed E-state index contributed by atoms with van der Waals surface area (Å²) < 4.78 is 11.5. The topological polar surface area (TPSA) is 76.4 Å². The molecule has 0 bridgehead atoms. The summed E-state index contributed by atoms with van der Waals surface area (Å²) in [5, 5.41) is 6.85. The predicted octanol–water partition coefficient (Wildman–Crippen LogP) is 3.72. The smallest absolute Gasteiger partial charge is 0.251 e. The van der Waals surface area contributed by atoms with Crippen molar-refractivity contribution in [1.82, 2.24) is 15.6 Å². The summed E-state index contributed by atoms with van der Waals surface area (Å²) in [7, 11) is 0. The van der Waals surface area contributed by atoms with Crippen molar-refractivity contribution >= 4 is 17.0 Å². The Morgan fingerprint density at radius 1 is 1.22 bits per heavy atom. The van der Waals surface area contributed by atoms with Crippen molar-refractivity contribution in [3.63, 3.8) is 0 Å². The number of hydrogen-bond donors (Lipinski definition) is 2. The zero-order chi connectivity index (χ0) is 19.2. The van der Waals surface area contributed by atoms with Gasteiger partial charge in [-0.05, 0) is 71.6 Å². The Hall–Kier alpha value is -1.92. The Morgan fingerprint density at radius 2 is 1.96 bits per heavy atom. The van der Waals surface area contributed by atoms with Crippen molar-refractivity contribution in [3.8, 4) is 0 Å². The average molecular weight is 371 g/mol. The van der Waals surface area contributed by atoms with E-state index in [1.54, 1.807) is 6.07 Å². The van der Waals surface area contributed by atoms with E-state index < -0.39 is 0 Å². The molecule has 2 aliphatic rings. The van der Waals surface area contributed by atoms with Crippen LogP contribution in [0, 0.1) is 0 Å². The number of piperidine rings is 1. The third-order valence-corrected chi connectivity index (χ3v) is 5.40. The number of hydrogen-bond acceptors (Lipinski definition) is 5. The van der Waals surface area contributed by atoms with Crippen molar-refractivity contribution in [2.45, 2.75) is 76.6 Å². The molecule has 0 spiro atoms. The van der Waals surface area contributed by atoms with E-state index >= 15 is 0 Å². The molecule has 1 amide bonds. The van der Waals surface area contributed by atoms with Crippen LogP contribution in [0.3, 0.4) is 0 Å². The lowest BCUT2D eigenvalue weighted by Gasteiger charge is -2.46. The molecular formula is C21H29N3O3. The third-order valence-electron chi connectivity index (χ3n) is 5.40. The molecule has 6 nitrogen and oxygen atoms in total. The summed E-state index contributed by atoms with van der Waals surface area (Å²) in [6, 6.07) is 5.59. The molecule has 2 fully saturated rings. The summed E-state index contributed by atoms with van der Waals surface area (Å²) in [5.74, 6) is 0.548. The number of nitrogens with one attached hydrogen (secondary N) is 2. The second kappa shape index (κ2) is 6.60.